The summed E-state index contributed by atoms with van der Waals surface area (Å²) in [6, 6.07) is 3.32. The second-order valence-electron chi connectivity index (χ2n) is 6.37. The van der Waals surface area contributed by atoms with E-state index in [1.54, 1.807) is 30.3 Å². The van der Waals surface area contributed by atoms with Crippen molar-refractivity contribution < 1.29 is 14.3 Å². The van der Waals surface area contributed by atoms with Crippen LogP contribution < -0.4 is 10.1 Å². The Bertz CT molecular complexity index is 593. The molecule has 0 saturated carbocycles. The van der Waals surface area contributed by atoms with Gasteiger partial charge >= 0.3 is 6.03 Å². The second-order valence-corrected chi connectivity index (χ2v) is 6.37. The average Bonchev–Trinajstić information content (AvgIpc) is 3.18. The number of hydrogen-bond acceptors (Lipinski definition) is 5. The van der Waals surface area contributed by atoms with Crippen LogP contribution in [0, 0.1) is 0 Å². The van der Waals surface area contributed by atoms with Crippen molar-refractivity contribution in [2.45, 2.75) is 12.8 Å². The van der Waals surface area contributed by atoms with E-state index >= 15 is 0 Å². The van der Waals surface area contributed by atoms with E-state index in [2.05, 4.69) is 15.2 Å². The predicted octanol–water partition coefficient (Wildman–Crippen LogP) is 0.862. The van der Waals surface area contributed by atoms with Crippen LogP contribution in [0.2, 0.25) is 0 Å². The number of nitrogens with one attached hydrogen (secondary N) is 1. The molecule has 8 nitrogen and oxygen atoms in total. The lowest BCUT2D eigenvalue weighted by molar-refractivity contribution is -0.131. The summed E-state index contributed by atoms with van der Waals surface area (Å²) < 4.78 is 5.00. The van der Waals surface area contributed by atoms with Gasteiger partial charge in [0.05, 0.1) is 25.5 Å². The summed E-state index contributed by atoms with van der Waals surface area (Å²) in [5.74, 6) is 0.717. The molecule has 0 unspecified atom stereocenters. The van der Waals surface area contributed by atoms with Crippen LogP contribution in [-0.4, -0.2) is 84.5 Å². The average molecular weight is 347 g/mol. The van der Waals surface area contributed by atoms with Crippen LogP contribution in [0.4, 0.5) is 10.5 Å². The van der Waals surface area contributed by atoms with Crippen LogP contribution in [0.3, 0.4) is 0 Å². The van der Waals surface area contributed by atoms with Gasteiger partial charge in [0, 0.05) is 45.3 Å². The third kappa shape index (κ3) is 4.60. The lowest BCUT2D eigenvalue weighted by atomic mass is 10.3. The minimum Gasteiger partial charge on any atom is -0.481 e. The normalized spacial score (nSPS) is 18.3. The molecule has 8 heteroatoms. The first-order valence-corrected chi connectivity index (χ1v) is 8.72. The van der Waals surface area contributed by atoms with Crippen molar-refractivity contribution >= 4 is 17.6 Å². The molecule has 136 valence electrons. The molecule has 2 saturated heterocycles. The first-order valence-electron chi connectivity index (χ1n) is 8.72. The number of piperazine rings is 1. The maximum atomic E-state index is 12.3. The third-order valence-corrected chi connectivity index (χ3v) is 4.67. The summed E-state index contributed by atoms with van der Waals surface area (Å²) in [6.45, 7) is 4.89. The van der Waals surface area contributed by atoms with Gasteiger partial charge in [-0.3, -0.25) is 9.69 Å². The molecular formula is C17H25N5O3. The van der Waals surface area contributed by atoms with Crippen LogP contribution in [-0.2, 0) is 4.79 Å². The number of rotatable bonds is 4. The van der Waals surface area contributed by atoms with Crippen molar-refractivity contribution in [3.05, 3.63) is 18.3 Å². The Balaban J connectivity index is 1.43. The Morgan fingerprint density at radius 1 is 1.08 bits per heavy atom. The molecule has 2 aliphatic heterocycles. The predicted molar refractivity (Wildman–Crippen MR) is 93.6 cm³/mol. The van der Waals surface area contributed by atoms with Crippen LogP contribution in [0.25, 0.3) is 0 Å². The van der Waals surface area contributed by atoms with Gasteiger partial charge in [0.2, 0.25) is 11.8 Å². The number of urea groups is 1. The van der Waals surface area contributed by atoms with Gasteiger partial charge in [-0.2, -0.15) is 0 Å². The monoisotopic (exact) mass is 347 g/mol. The molecule has 3 rings (SSSR count). The zero-order valence-electron chi connectivity index (χ0n) is 14.6. The number of methoxy groups -OCH3 is 1. The van der Waals surface area contributed by atoms with E-state index in [1.165, 1.54) is 0 Å². The summed E-state index contributed by atoms with van der Waals surface area (Å²) in [4.78, 5) is 34.4. The Morgan fingerprint density at radius 3 is 2.40 bits per heavy atom. The Morgan fingerprint density at radius 2 is 1.80 bits per heavy atom. The van der Waals surface area contributed by atoms with Crippen LogP contribution in [0.1, 0.15) is 12.8 Å². The fourth-order valence-corrected chi connectivity index (χ4v) is 3.14. The lowest BCUT2D eigenvalue weighted by Gasteiger charge is -2.34. The van der Waals surface area contributed by atoms with Gasteiger partial charge in [0.15, 0.2) is 0 Å². The number of amides is 3. The van der Waals surface area contributed by atoms with Crippen molar-refractivity contribution in [1.82, 2.24) is 19.7 Å². The molecule has 0 atom stereocenters. The SMILES string of the molecule is COc1ccc(NC(=O)N2CCN(CC(=O)N3CCCC3)CC2)cn1. The molecule has 1 N–H and O–H groups in total. The summed E-state index contributed by atoms with van der Waals surface area (Å²) in [5.41, 5.74) is 0.637. The molecule has 1 aromatic heterocycles. The number of hydrogen-bond donors (Lipinski definition) is 1. The van der Waals surface area contributed by atoms with Gasteiger partial charge in [-0.05, 0) is 18.9 Å². The van der Waals surface area contributed by atoms with Crippen molar-refractivity contribution in [2.75, 3.05) is 58.2 Å². The number of carbonyl (C=O) groups is 2. The first-order chi connectivity index (χ1) is 12.2. The molecule has 2 aliphatic rings. The smallest absolute Gasteiger partial charge is 0.321 e. The van der Waals surface area contributed by atoms with E-state index in [4.69, 9.17) is 4.74 Å². The van der Waals surface area contributed by atoms with E-state index in [9.17, 15) is 9.59 Å². The quantitative estimate of drug-likeness (QED) is 0.874. The summed E-state index contributed by atoms with van der Waals surface area (Å²) >= 11 is 0. The molecule has 0 spiro atoms. The molecule has 3 heterocycles. The fraction of sp³-hybridized carbons (Fsp3) is 0.588. The maximum absolute atomic E-state index is 12.3. The van der Waals surface area contributed by atoms with Crippen LogP contribution in [0.15, 0.2) is 18.3 Å². The highest BCUT2D eigenvalue weighted by molar-refractivity contribution is 5.89. The minimum atomic E-state index is -0.141. The number of aromatic nitrogens is 1. The van der Waals surface area contributed by atoms with Crippen molar-refractivity contribution in [1.29, 1.82) is 0 Å². The Labute approximate surface area is 147 Å². The van der Waals surface area contributed by atoms with Gasteiger partial charge in [-0.1, -0.05) is 0 Å². The third-order valence-electron chi connectivity index (χ3n) is 4.67. The molecule has 0 aliphatic carbocycles. The molecule has 2 fully saturated rings. The molecule has 0 aromatic carbocycles. The van der Waals surface area contributed by atoms with E-state index in [0.29, 0.717) is 44.3 Å². The summed E-state index contributed by atoms with van der Waals surface area (Å²) in [7, 11) is 1.55. The Hall–Kier alpha value is -2.35. The lowest BCUT2D eigenvalue weighted by Crippen LogP contribution is -2.52. The number of likely N-dealkylation sites (tertiary alicyclic amines) is 1. The standard InChI is InChI=1S/C17H25N5O3/c1-25-15-5-4-14(12-18-15)19-17(24)22-10-8-20(9-11-22)13-16(23)21-6-2-3-7-21/h4-5,12H,2-3,6-11,13H2,1H3,(H,19,24). The highest BCUT2D eigenvalue weighted by Gasteiger charge is 2.25. The molecule has 25 heavy (non-hydrogen) atoms. The molecule has 1 aromatic rings. The topological polar surface area (TPSA) is 78.0 Å². The highest BCUT2D eigenvalue weighted by atomic mass is 16.5. The van der Waals surface area contributed by atoms with E-state index in [0.717, 1.165) is 25.9 Å². The van der Waals surface area contributed by atoms with Crippen molar-refractivity contribution in [3.63, 3.8) is 0 Å². The number of ether oxygens (including phenoxy) is 1. The van der Waals surface area contributed by atoms with Gasteiger partial charge in [0.25, 0.3) is 0 Å². The first kappa shape index (κ1) is 17.5. The fourth-order valence-electron chi connectivity index (χ4n) is 3.14. The molecule has 3 amide bonds. The number of pyridine rings is 1. The van der Waals surface area contributed by atoms with Gasteiger partial charge in [0.1, 0.15) is 0 Å². The van der Waals surface area contributed by atoms with Gasteiger partial charge in [-0.15, -0.1) is 0 Å². The number of anilines is 1. The minimum absolute atomic E-state index is 0.141. The van der Waals surface area contributed by atoms with E-state index < -0.39 is 0 Å². The summed E-state index contributed by atoms with van der Waals surface area (Å²) in [6.07, 6.45) is 3.79. The second kappa shape index (κ2) is 8.15. The number of nitrogens with zero attached hydrogens (tertiary/aromatic N) is 4. The van der Waals surface area contributed by atoms with Crippen LogP contribution in [0.5, 0.6) is 5.88 Å². The zero-order chi connectivity index (χ0) is 17.6. The number of carbonyl (C=O) groups excluding carboxylic acids is 2. The Kier molecular flexibility index (Phi) is 5.70. The van der Waals surface area contributed by atoms with Gasteiger partial charge in [-0.25, -0.2) is 9.78 Å². The molecule has 0 bridgehead atoms. The van der Waals surface area contributed by atoms with E-state index in [-0.39, 0.29) is 11.9 Å². The van der Waals surface area contributed by atoms with Crippen molar-refractivity contribution in [2.24, 2.45) is 0 Å². The van der Waals surface area contributed by atoms with Gasteiger partial charge < -0.3 is 19.9 Å². The zero-order valence-corrected chi connectivity index (χ0v) is 14.6. The highest BCUT2D eigenvalue weighted by Crippen LogP contribution is 2.13. The largest absolute Gasteiger partial charge is 0.481 e. The molecular weight excluding hydrogens is 322 g/mol. The molecule has 0 radical (unpaired) electrons. The van der Waals surface area contributed by atoms with Crippen molar-refractivity contribution in [3.8, 4) is 5.88 Å². The maximum Gasteiger partial charge on any atom is 0.321 e. The summed E-state index contributed by atoms with van der Waals surface area (Å²) in [5, 5.41) is 2.84. The van der Waals surface area contributed by atoms with E-state index in [1.807, 2.05) is 4.90 Å². The van der Waals surface area contributed by atoms with Crippen LogP contribution >= 0.6 is 0 Å².